The van der Waals surface area contributed by atoms with Crippen LogP contribution in [-0.2, 0) is 13.1 Å². The first-order valence-corrected chi connectivity index (χ1v) is 6.62. The highest BCUT2D eigenvalue weighted by atomic mass is 16.5. The van der Waals surface area contributed by atoms with Gasteiger partial charge in [-0.2, -0.15) is 0 Å². The molecule has 0 atom stereocenters. The molecule has 2 heterocycles. The predicted molar refractivity (Wildman–Crippen MR) is 78.9 cm³/mol. The highest BCUT2D eigenvalue weighted by molar-refractivity contribution is 5.73. The molecule has 0 aromatic carbocycles. The number of nitrogens with one attached hydrogen (secondary N) is 2. The summed E-state index contributed by atoms with van der Waals surface area (Å²) in [6, 6.07) is 7.20. The van der Waals surface area contributed by atoms with Crippen molar-refractivity contribution in [3.63, 3.8) is 0 Å². The molecular weight excluding hydrogens is 270 g/mol. The van der Waals surface area contributed by atoms with Crippen molar-refractivity contribution in [1.29, 1.82) is 0 Å². The van der Waals surface area contributed by atoms with Gasteiger partial charge in [-0.1, -0.05) is 11.2 Å². The van der Waals surface area contributed by atoms with Crippen LogP contribution in [0.1, 0.15) is 17.1 Å². The number of rotatable bonds is 5. The van der Waals surface area contributed by atoms with Crippen LogP contribution in [0.25, 0.3) is 0 Å². The van der Waals surface area contributed by atoms with E-state index in [1.165, 1.54) is 0 Å². The Balaban J connectivity index is 1.79. The van der Waals surface area contributed by atoms with Gasteiger partial charge in [0.2, 0.25) is 0 Å². The molecule has 2 N–H and O–H groups in total. The van der Waals surface area contributed by atoms with Gasteiger partial charge < -0.3 is 20.1 Å². The number of hydrogen-bond acceptors (Lipinski definition) is 5. The van der Waals surface area contributed by atoms with Crippen LogP contribution in [0.4, 0.5) is 10.6 Å². The smallest absolute Gasteiger partial charge is 0.315 e. The van der Waals surface area contributed by atoms with Crippen molar-refractivity contribution >= 4 is 11.8 Å². The highest BCUT2D eigenvalue weighted by Crippen LogP contribution is 2.07. The van der Waals surface area contributed by atoms with Crippen LogP contribution < -0.4 is 15.5 Å². The van der Waals surface area contributed by atoms with Gasteiger partial charge in [-0.15, -0.1) is 0 Å². The van der Waals surface area contributed by atoms with Crippen molar-refractivity contribution in [1.82, 2.24) is 20.8 Å². The van der Waals surface area contributed by atoms with Crippen LogP contribution in [-0.4, -0.2) is 30.3 Å². The molecule has 2 aromatic rings. The molecule has 7 nitrogen and oxygen atoms in total. The lowest BCUT2D eigenvalue weighted by molar-refractivity contribution is 0.239. The van der Waals surface area contributed by atoms with E-state index in [-0.39, 0.29) is 6.03 Å². The summed E-state index contributed by atoms with van der Waals surface area (Å²) in [4.78, 5) is 18.0. The second-order valence-electron chi connectivity index (χ2n) is 4.85. The van der Waals surface area contributed by atoms with E-state index in [0.29, 0.717) is 18.8 Å². The van der Waals surface area contributed by atoms with Gasteiger partial charge in [0.1, 0.15) is 17.3 Å². The summed E-state index contributed by atoms with van der Waals surface area (Å²) in [6.45, 7) is 2.50. The third-order valence-corrected chi connectivity index (χ3v) is 2.79. The second-order valence-corrected chi connectivity index (χ2v) is 4.85. The first-order chi connectivity index (χ1) is 10.0. The molecule has 0 fully saturated rings. The topological polar surface area (TPSA) is 83.3 Å². The fourth-order valence-electron chi connectivity index (χ4n) is 1.72. The molecule has 0 spiro atoms. The molecule has 0 radical (unpaired) electrons. The van der Waals surface area contributed by atoms with Crippen LogP contribution >= 0.6 is 0 Å². The number of anilines is 1. The van der Waals surface area contributed by atoms with Crippen LogP contribution in [0, 0.1) is 6.92 Å². The van der Waals surface area contributed by atoms with Gasteiger partial charge in [-0.25, -0.2) is 9.78 Å². The van der Waals surface area contributed by atoms with Gasteiger partial charge in [-0.3, -0.25) is 0 Å². The van der Waals surface area contributed by atoms with Gasteiger partial charge in [0.05, 0.1) is 18.8 Å². The Bertz CT molecular complexity index is 609. The van der Waals surface area contributed by atoms with Crippen molar-refractivity contribution < 1.29 is 9.32 Å². The van der Waals surface area contributed by atoms with E-state index >= 15 is 0 Å². The van der Waals surface area contributed by atoms with E-state index in [2.05, 4.69) is 20.8 Å². The summed E-state index contributed by atoms with van der Waals surface area (Å²) in [5.41, 5.74) is 1.49. The largest absolute Gasteiger partial charge is 0.363 e. The Labute approximate surface area is 123 Å². The molecule has 0 aliphatic rings. The zero-order valence-corrected chi connectivity index (χ0v) is 12.4. The molecule has 2 aromatic heterocycles. The van der Waals surface area contributed by atoms with Crippen LogP contribution in [0.5, 0.6) is 0 Å². The Kier molecular flexibility index (Phi) is 4.76. The van der Waals surface area contributed by atoms with E-state index in [4.69, 9.17) is 4.52 Å². The molecular formula is C14H19N5O2. The number of hydrogen-bond donors (Lipinski definition) is 2. The molecule has 2 amide bonds. The summed E-state index contributed by atoms with van der Waals surface area (Å²) in [5, 5.41) is 9.26. The fourth-order valence-corrected chi connectivity index (χ4v) is 1.72. The average Bonchev–Trinajstić information content (AvgIpc) is 2.89. The van der Waals surface area contributed by atoms with Gasteiger partial charge in [0, 0.05) is 20.2 Å². The van der Waals surface area contributed by atoms with Crippen LogP contribution in [0.3, 0.4) is 0 Å². The van der Waals surface area contributed by atoms with Gasteiger partial charge in [0.25, 0.3) is 0 Å². The molecule has 21 heavy (non-hydrogen) atoms. The van der Waals surface area contributed by atoms with E-state index < -0.39 is 0 Å². The summed E-state index contributed by atoms with van der Waals surface area (Å²) in [5.74, 6) is 1.57. The number of aromatic nitrogens is 2. The number of carbonyl (C=O) groups excluding carboxylic acids is 1. The molecule has 0 unspecified atom stereocenters. The SMILES string of the molecule is Cc1cc(CNC(=O)NCc2cccc(N(C)C)n2)no1. The van der Waals surface area contributed by atoms with Crippen molar-refractivity contribution in [3.8, 4) is 0 Å². The maximum Gasteiger partial charge on any atom is 0.315 e. The second kappa shape index (κ2) is 6.74. The Morgan fingerprint density at radius 2 is 1.95 bits per heavy atom. The van der Waals surface area contributed by atoms with Crippen LogP contribution in [0.15, 0.2) is 28.8 Å². The van der Waals surface area contributed by atoms with Crippen molar-refractivity contribution in [2.24, 2.45) is 0 Å². The molecule has 112 valence electrons. The Morgan fingerprint density at radius 1 is 1.24 bits per heavy atom. The third kappa shape index (κ3) is 4.48. The minimum atomic E-state index is -0.271. The summed E-state index contributed by atoms with van der Waals surface area (Å²) in [7, 11) is 3.85. The normalized spacial score (nSPS) is 10.2. The Morgan fingerprint density at radius 3 is 2.57 bits per heavy atom. The summed E-state index contributed by atoms with van der Waals surface area (Å²) >= 11 is 0. The van der Waals surface area contributed by atoms with Gasteiger partial charge in [-0.05, 0) is 19.1 Å². The van der Waals surface area contributed by atoms with Crippen molar-refractivity contribution in [3.05, 3.63) is 41.4 Å². The first kappa shape index (κ1) is 14.8. The fraction of sp³-hybridized carbons (Fsp3) is 0.357. The number of urea groups is 1. The lowest BCUT2D eigenvalue weighted by atomic mass is 10.3. The maximum atomic E-state index is 11.7. The quantitative estimate of drug-likeness (QED) is 0.870. The average molecular weight is 289 g/mol. The molecule has 7 heteroatoms. The predicted octanol–water partition coefficient (Wildman–Crippen LogP) is 1.44. The number of pyridine rings is 1. The standard InChI is InChI=1S/C14H19N5O2/c1-10-7-12(18-21-10)9-16-14(20)15-8-11-5-4-6-13(17-11)19(2)3/h4-7H,8-9H2,1-3H3,(H2,15,16,20). The van der Waals surface area contributed by atoms with Crippen LogP contribution in [0.2, 0.25) is 0 Å². The third-order valence-electron chi connectivity index (χ3n) is 2.79. The molecule has 0 aliphatic carbocycles. The molecule has 0 saturated carbocycles. The first-order valence-electron chi connectivity index (χ1n) is 6.62. The number of amides is 2. The minimum absolute atomic E-state index is 0.271. The van der Waals surface area contributed by atoms with Crippen molar-refractivity contribution in [2.45, 2.75) is 20.0 Å². The van der Waals surface area contributed by atoms with Crippen molar-refractivity contribution in [2.75, 3.05) is 19.0 Å². The number of carbonyl (C=O) groups is 1. The number of nitrogens with zero attached hydrogens (tertiary/aromatic N) is 3. The monoisotopic (exact) mass is 289 g/mol. The van der Waals surface area contributed by atoms with E-state index in [0.717, 1.165) is 17.3 Å². The summed E-state index contributed by atoms with van der Waals surface area (Å²) in [6.07, 6.45) is 0. The van der Waals surface area contributed by atoms with E-state index in [1.54, 1.807) is 13.0 Å². The molecule has 2 rings (SSSR count). The van der Waals surface area contributed by atoms with Gasteiger partial charge >= 0.3 is 6.03 Å². The number of aryl methyl sites for hydroxylation is 1. The zero-order valence-electron chi connectivity index (χ0n) is 12.4. The van der Waals surface area contributed by atoms with E-state index in [9.17, 15) is 4.79 Å². The highest BCUT2D eigenvalue weighted by Gasteiger charge is 2.05. The molecule has 0 saturated heterocycles. The van der Waals surface area contributed by atoms with E-state index in [1.807, 2.05) is 37.2 Å². The summed E-state index contributed by atoms with van der Waals surface area (Å²) < 4.78 is 4.93. The molecule has 0 bridgehead atoms. The molecule has 0 aliphatic heterocycles. The zero-order chi connectivity index (χ0) is 15.2. The minimum Gasteiger partial charge on any atom is -0.363 e. The van der Waals surface area contributed by atoms with Gasteiger partial charge in [0.15, 0.2) is 0 Å². The lowest BCUT2D eigenvalue weighted by Crippen LogP contribution is -2.34. The lowest BCUT2D eigenvalue weighted by Gasteiger charge is -2.12. The maximum absolute atomic E-state index is 11.7. The Hall–Kier alpha value is -2.57.